The van der Waals surface area contributed by atoms with Gasteiger partial charge in [-0.1, -0.05) is 11.8 Å². The van der Waals surface area contributed by atoms with Crippen LogP contribution in [0.3, 0.4) is 0 Å². The molecule has 2 amide bonds. The van der Waals surface area contributed by atoms with Gasteiger partial charge in [0.05, 0.1) is 35.1 Å². The van der Waals surface area contributed by atoms with Gasteiger partial charge in [-0.05, 0) is 75.3 Å². The monoisotopic (exact) mass is 628 g/mol. The molecule has 10 nitrogen and oxygen atoms in total. The number of methoxy groups -OCH3 is 3. The van der Waals surface area contributed by atoms with Crippen molar-refractivity contribution < 1.29 is 38.1 Å². The molecule has 0 N–H and O–H groups in total. The minimum atomic E-state index is -0.622. The van der Waals surface area contributed by atoms with Gasteiger partial charge < -0.3 is 33.5 Å². The van der Waals surface area contributed by atoms with E-state index < -0.39 is 12.1 Å². The van der Waals surface area contributed by atoms with E-state index in [9.17, 15) is 14.4 Å². The molecule has 0 spiro atoms. The van der Waals surface area contributed by atoms with Crippen molar-refractivity contribution >= 4 is 51.3 Å². The van der Waals surface area contributed by atoms with Crippen molar-refractivity contribution in [1.82, 2.24) is 9.80 Å². The second-order valence-corrected chi connectivity index (χ2v) is 12.7. The third-order valence-corrected chi connectivity index (χ3v) is 10.4. The Kier molecular flexibility index (Phi) is 9.86. The number of nitrogens with zero attached hydrogens (tertiary/aromatic N) is 2. The third-order valence-electron chi connectivity index (χ3n) is 7.69. The maximum atomic E-state index is 13.1. The molecule has 230 valence electrons. The molecule has 1 aromatic heterocycles. The van der Waals surface area contributed by atoms with E-state index in [4.69, 9.17) is 23.7 Å². The Hall–Kier alpha value is -3.64. The Morgan fingerprint density at radius 2 is 1.23 bits per heavy atom. The van der Waals surface area contributed by atoms with Crippen LogP contribution in [-0.4, -0.2) is 75.5 Å². The summed E-state index contributed by atoms with van der Waals surface area (Å²) in [4.78, 5) is 43.0. The summed E-state index contributed by atoms with van der Waals surface area (Å²) in [5, 5.41) is 0.799. The van der Waals surface area contributed by atoms with Crippen LogP contribution >= 0.6 is 23.1 Å². The molecular formula is C31H36N2O8S2. The SMILES string of the molecule is COC(=O)c1c(OC)ccc(OC(=O)N2CCCCC2)c1Sc1sc2c(OC(=O)N3CCCCC3)ccc(OC)c2c1C. The molecule has 0 unspecified atom stereocenters. The highest BCUT2D eigenvalue weighted by Crippen LogP contribution is 2.51. The van der Waals surface area contributed by atoms with E-state index in [1.807, 2.05) is 6.92 Å². The van der Waals surface area contributed by atoms with E-state index in [0.29, 0.717) is 48.3 Å². The molecule has 43 heavy (non-hydrogen) atoms. The molecule has 3 heterocycles. The Labute approximate surface area is 259 Å². The summed E-state index contributed by atoms with van der Waals surface area (Å²) in [6, 6.07) is 6.75. The summed E-state index contributed by atoms with van der Waals surface area (Å²) >= 11 is 2.67. The topological polar surface area (TPSA) is 104 Å². The highest BCUT2D eigenvalue weighted by molar-refractivity contribution is 8.01. The van der Waals surface area contributed by atoms with E-state index in [1.165, 1.54) is 37.3 Å². The zero-order chi connectivity index (χ0) is 30.5. The van der Waals surface area contributed by atoms with Crippen LogP contribution in [0, 0.1) is 6.92 Å². The van der Waals surface area contributed by atoms with E-state index in [-0.39, 0.29) is 17.4 Å². The maximum Gasteiger partial charge on any atom is 0.415 e. The van der Waals surface area contributed by atoms with Gasteiger partial charge in [-0.3, -0.25) is 0 Å². The van der Waals surface area contributed by atoms with Crippen LogP contribution in [0.5, 0.6) is 23.0 Å². The summed E-state index contributed by atoms with van der Waals surface area (Å²) in [6.07, 6.45) is 5.08. The highest BCUT2D eigenvalue weighted by atomic mass is 32.2. The fraction of sp³-hybridized carbons (Fsp3) is 0.452. The quantitative estimate of drug-likeness (QED) is 0.253. The molecule has 2 saturated heterocycles. The summed E-state index contributed by atoms with van der Waals surface area (Å²) in [7, 11) is 4.35. The lowest BCUT2D eigenvalue weighted by Gasteiger charge is -2.26. The van der Waals surface area contributed by atoms with Gasteiger partial charge in [-0.2, -0.15) is 0 Å². The average Bonchev–Trinajstić information content (AvgIpc) is 3.38. The predicted molar refractivity (Wildman–Crippen MR) is 164 cm³/mol. The number of aryl methyl sites for hydroxylation is 1. The predicted octanol–water partition coefficient (Wildman–Crippen LogP) is 7.13. The molecule has 2 aliphatic heterocycles. The first-order valence-corrected chi connectivity index (χ1v) is 16.0. The number of esters is 1. The van der Waals surface area contributed by atoms with Crippen LogP contribution in [0.4, 0.5) is 9.59 Å². The molecule has 3 aromatic rings. The van der Waals surface area contributed by atoms with Crippen LogP contribution in [0.15, 0.2) is 33.4 Å². The van der Waals surface area contributed by atoms with Crippen molar-refractivity contribution in [2.45, 2.75) is 54.6 Å². The van der Waals surface area contributed by atoms with Gasteiger partial charge in [0.2, 0.25) is 0 Å². The zero-order valence-corrected chi connectivity index (χ0v) is 26.5. The zero-order valence-electron chi connectivity index (χ0n) is 24.9. The number of fused-ring (bicyclic) bond motifs is 1. The fourth-order valence-corrected chi connectivity index (χ4v) is 7.99. The number of rotatable bonds is 7. The van der Waals surface area contributed by atoms with Crippen molar-refractivity contribution in [3.8, 4) is 23.0 Å². The number of carbonyl (C=O) groups excluding carboxylic acids is 3. The normalized spacial score (nSPS) is 15.3. The largest absolute Gasteiger partial charge is 0.496 e. The van der Waals surface area contributed by atoms with Gasteiger partial charge in [0.1, 0.15) is 22.8 Å². The Balaban J connectivity index is 1.56. The molecule has 0 aliphatic carbocycles. The molecule has 12 heteroatoms. The molecule has 0 radical (unpaired) electrons. The lowest BCUT2D eigenvalue weighted by atomic mass is 10.1. The Morgan fingerprint density at radius 1 is 0.721 bits per heavy atom. The van der Waals surface area contributed by atoms with Crippen LogP contribution in [-0.2, 0) is 4.74 Å². The van der Waals surface area contributed by atoms with E-state index in [2.05, 4.69) is 0 Å². The van der Waals surface area contributed by atoms with Gasteiger partial charge in [0.25, 0.3) is 0 Å². The number of hydrogen-bond acceptors (Lipinski definition) is 10. The number of thiophene rings is 1. The molecule has 5 rings (SSSR count). The minimum Gasteiger partial charge on any atom is -0.496 e. The molecule has 0 saturated carbocycles. The van der Waals surface area contributed by atoms with Crippen LogP contribution in [0.2, 0.25) is 0 Å². The Morgan fingerprint density at radius 3 is 1.79 bits per heavy atom. The number of ether oxygens (including phenoxy) is 5. The van der Waals surface area contributed by atoms with E-state index >= 15 is 0 Å². The highest BCUT2D eigenvalue weighted by Gasteiger charge is 2.29. The van der Waals surface area contributed by atoms with Gasteiger partial charge in [0.15, 0.2) is 5.75 Å². The number of benzene rings is 2. The maximum absolute atomic E-state index is 13.1. The van der Waals surface area contributed by atoms with E-state index in [0.717, 1.165) is 58.4 Å². The van der Waals surface area contributed by atoms with E-state index in [1.54, 1.807) is 41.2 Å². The second kappa shape index (κ2) is 13.8. The van der Waals surface area contributed by atoms with Crippen molar-refractivity contribution in [3.05, 3.63) is 35.4 Å². The van der Waals surface area contributed by atoms with Crippen molar-refractivity contribution in [1.29, 1.82) is 0 Å². The Bertz CT molecular complexity index is 1510. The standard InChI is InChI=1S/C31H36N2O8S2/c1-19-24-20(37-2)11-13-22(40-30(35)32-15-7-5-8-16-32)26(24)42-29(19)43-27-23(41-31(36)33-17-9-6-10-18-33)14-12-21(38-3)25(27)28(34)39-4/h11-14H,5-10,15-18H2,1-4H3. The van der Waals surface area contributed by atoms with Crippen molar-refractivity contribution in [3.63, 3.8) is 0 Å². The molecule has 2 aromatic carbocycles. The molecule has 2 fully saturated rings. The number of hydrogen-bond donors (Lipinski definition) is 0. The van der Waals surface area contributed by atoms with Crippen molar-refractivity contribution in [2.24, 2.45) is 0 Å². The average molecular weight is 629 g/mol. The van der Waals surface area contributed by atoms with Crippen LogP contribution in [0.1, 0.15) is 54.4 Å². The van der Waals surface area contributed by atoms with Gasteiger partial charge in [-0.25, -0.2) is 14.4 Å². The fourth-order valence-electron chi connectivity index (χ4n) is 5.38. The van der Waals surface area contributed by atoms with Gasteiger partial charge >= 0.3 is 18.2 Å². The first-order chi connectivity index (χ1) is 20.9. The summed E-state index contributed by atoms with van der Waals surface area (Å²) in [5.74, 6) is 0.954. The summed E-state index contributed by atoms with van der Waals surface area (Å²) in [6.45, 7) is 4.53. The second-order valence-electron chi connectivity index (χ2n) is 10.4. The molecule has 0 bridgehead atoms. The molecular weight excluding hydrogens is 592 g/mol. The lowest BCUT2D eigenvalue weighted by Crippen LogP contribution is -2.37. The summed E-state index contributed by atoms with van der Waals surface area (Å²) < 4.78 is 29.7. The smallest absolute Gasteiger partial charge is 0.415 e. The minimum absolute atomic E-state index is 0.152. The van der Waals surface area contributed by atoms with Crippen LogP contribution in [0.25, 0.3) is 10.1 Å². The summed E-state index contributed by atoms with van der Waals surface area (Å²) in [5.41, 5.74) is 1.02. The number of carbonyl (C=O) groups is 3. The number of likely N-dealkylation sites (tertiary alicyclic amines) is 2. The molecule has 2 aliphatic rings. The van der Waals surface area contributed by atoms with Gasteiger partial charge in [0, 0.05) is 31.6 Å². The lowest BCUT2D eigenvalue weighted by molar-refractivity contribution is 0.0591. The third kappa shape index (κ3) is 6.50. The van der Waals surface area contributed by atoms with Crippen LogP contribution < -0.4 is 18.9 Å². The number of amides is 2. The first kappa shape index (κ1) is 30.8. The first-order valence-electron chi connectivity index (χ1n) is 14.4. The van der Waals surface area contributed by atoms with Gasteiger partial charge in [-0.15, -0.1) is 11.3 Å². The van der Waals surface area contributed by atoms with Crippen molar-refractivity contribution in [2.75, 3.05) is 47.5 Å². The molecule has 0 atom stereocenters. The number of piperidine rings is 2.